The molecule has 0 aromatic carbocycles. The lowest BCUT2D eigenvalue weighted by atomic mass is 9.96. The molecule has 2 unspecified atom stereocenters. The third-order valence-corrected chi connectivity index (χ3v) is 7.54. The summed E-state index contributed by atoms with van der Waals surface area (Å²) in [6.07, 6.45) is 15.4. The van der Waals surface area contributed by atoms with E-state index in [4.69, 9.17) is 42.6 Å². The lowest BCUT2D eigenvalue weighted by Crippen LogP contribution is -2.30. The minimum absolute atomic E-state index is 0. The van der Waals surface area contributed by atoms with Crippen molar-refractivity contribution in [3.8, 4) is 0 Å². The van der Waals surface area contributed by atoms with Gasteiger partial charge in [-0.2, -0.15) is 0 Å². The molecule has 46 heavy (non-hydrogen) atoms. The van der Waals surface area contributed by atoms with Gasteiger partial charge in [0.2, 0.25) is 0 Å². The molecule has 0 bridgehead atoms. The molecule has 4 atom stereocenters. The number of rotatable bonds is 9. The van der Waals surface area contributed by atoms with Crippen molar-refractivity contribution in [2.45, 2.75) is 145 Å². The van der Waals surface area contributed by atoms with Gasteiger partial charge in [0, 0.05) is 69.5 Å². The molecular formula is C36H85NO9. The molecule has 2 aliphatic carbocycles. The highest BCUT2D eigenvalue weighted by molar-refractivity contribution is 4.70. The van der Waals surface area contributed by atoms with E-state index in [1.165, 1.54) is 57.8 Å². The summed E-state index contributed by atoms with van der Waals surface area (Å²) in [6.45, 7) is 8.15. The maximum Gasteiger partial charge on any atom is 0.0830 e. The normalized spacial score (nSPS) is 22.8. The second kappa shape index (κ2) is 42.6. The summed E-state index contributed by atoms with van der Waals surface area (Å²) >= 11 is 0. The van der Waals surface area contributed by atoms with Gasteiger partial charge < -0.3 is 47.9 Å². The molecule has 3 saturated heterocycles. The molecule has 5 rings (SSSR count). The molecule has 5 aliphatic rings. The molecule has 0 amide bonds. The maximum atomic E-state index is 5.11. The molecule has 0 spiro atoms. The van der Waals surface area contributed by atoms with Crippen molar-refractivity contribution in [2.75, 3.05) is 95.9 Å². The van der Waals surface area contributed by atoms with Crippen molar-refractivity contribution >= 4 is 0 Å². The highest BCUT2D eigenvalue weighted by Gasteiger charge is 2.17. The zero-order valence-corrected chi connectivity index (χ0v) is 27.7. The van der Waals surface area contributed by atoms with Gasteiger partial charge >= 0.3 is 0 Å². The minimum Gasteiger partial charge on any atom is -0.382 e. The van der Waals surface area contributed by atoms with Crippen LogP contribution in [0.2, 0.25) is 0 Å². The van der Waals surface area contributed by atoms with Crippen LogP contribution in [0.1, 0.15) is 108 Å². The van der Waals surface area contributed by atoms with Crippen molar-refractivity contribution in [1.82, 2.24) is 5.32 Å². The van der Waals surface area contributed by atoms with Gasteiger partial charge in [0.05, 0.1) is 56.4 Å². The van der Waals surface area contributed by atoms with E-state index in [1.54, 1.807) is 49.8 Å². The zero-order chi connectivity index (χ0) is 30.6. The summed E-state index contributed by atoms with van der Waals surface area (Å²) in [5.74, 6) is 0. The molecule has 0 aromatic heterocycles. The summed E-state index contributed by atoms with van der Waals surface area (Å²) < 4.78 is 44.7. The highest BCUT2D eigenvalue weighted by Crippen LogP contribution is 2.20. The highest BCUT2D eigenvalue weighted by atomic mass is 16.5. The molecule has 2 saturated carbocycles. The average molecular weight is 676 g/mol. The Kier molecular flexibility index (Phi) is 53.6. The van der Waals surface area contributed by atoms with Gasteiger partial charge in [-0.1, -0.05) is 50.0 Å². The summed E-state index contributed by atoms with van der Waals surface area (Å²) in [7, 11) is 12.1. The first-order valence-electron chi connectivity index (χ1n) is 15.5. The molecule has 1 N–H and O–H groups in total. The number of hydrogen-bond acceptors (Lipinski definition) is 10. The Morgan fingerprint density at radius 3 is 1.30 bits per heavy atom. The van der Waals surface area contributed by atoms with E-state index in [2.05, 4.69) is 5.32 Å². The average Bonchev–Trinajstić information content (AvgIpc) is 3.76. The van der Waals surface area contributed by atoms with Crippen LogP contribution in [0.5, 0.6) is 0 Å². The Morgan fingerprint density at radius 2 is 1.13 bits per heavy atom. The SMILES string of the molecule is C.C.C.C.C.COC1CCC1.COC1CCCC1.COCC(C)OC.COCC1CCO1.CO[C@@H]1CCNC1.CO[C@@H]1CCOC1. The number of methoxy groups -OCH3 is 7. The fourth-order valence-electron chi connectivity index (χ4n) is 4.16. The zero-order valence-electron chi connectivity index (χ0n) is 27.7. The molecule has 10 heteroatoms. The quantitative estimate of drug-likeness (QED) is 0.266. The van der Waals surface area contributed by atoms with Crippen LogP contribution in [0.25, 0.3) is 0 Å². The smallest absolute Gasteiger partial charge is 0.0830 e. The molecule has 0 aromatic rings. The molecule has 3 aliphatic heterocycles. The van der Waals surface area contributed by atoms with Gasteiger partial charge in [0.25, 0.3) is 0 Å². The number of nitrogens with one attached hydrogen (secondary N) is 1. The largest absolute Gasteiger partial charge is 0.382 e. The second-order valence-electron chi connectivity index (χ2n) is 10.7. The summed E-state index contributed by atoms with van der Waals surface area (Å²) in [5.41, 5.74) is 0. The van der Waals surface area contributed by atoms with E-state index in [-0.39, 0.29) is 43.2 Å². The van der Waals surface area contributed by atoms with E-state index in [0.717, 1.165) is 45.9 Å². The lowest BCUT2D eigenvalue weighted by molar-refractivity contribution is -0.0857. The Bertz CT molecular complexity index is 460. The Balaban J connectivity index is -0.000000102. The predicted octanol–water partition coefficient (Wildman–Crippen LogP) is 7.45. The van der Waals surface area contributed by atoms with Crippen LogP contribution in [-0.4, -0.2) is 133 Å². The van der Waals surface area contributed by atoms with E-state index in [9.17, 15) is 0 Å². The van der Waals surface area contributed by atoms with Crippen LogP contribution in [0.15, 0.2) is 0 Å². The van der Waals surface area contributed by atoms with Crippen molar-refractivity contribution < 1.29 is 42.6 Å². The first kappa shape index (κ1) is 57.8. The second-order valence-corrected chi connectivity index (χ2v) is 10.7. The van der Waals surface area contributed by atoms with Crippen LogP contribution in [0.3, 0.4) is 0 Å². The van der Waals surface area contributed by atoms with Gasteiger partial charge in [0.1, 0.15) is 0 Å². The molecule has 0 radical (unpaired) electrons. The van der Waals surface area contributed by atoms with Gasteiger partial charge in [-0.25, -0.2) is 0 Å². The van der Waals surface area contributed by atoms with Crippen LogP contribution >= 0.6 is 0 Å². The number of hydrogen-bond donors (Lipinski definition) is 1. The van der Waals surface area contributed by atoms with E-state index >= 15 is 0 Å². The monoisotopic (exact) mass is 676 g/mol. The third kappa shape index (κ3) is 33.5. The molecule has 10 nitrogen and oxygen atoms in total. The Morgan fingerprint density at radius 1 is 0.609 bits per heavy atom. The van der Waals surface area contributed by atoms with Gasteiger partial charge in [0.15, 0.2) is 0 Å². The molecule has 5 fully saturated rings. The number of ether oxygens (including phenoxy) is 9. The standard InChI is InChI=1S/C6H12O.C5H11NO.2C5H10O2.C5H12O2.C5H10O.5CH4/c1-7-6-4-2-3-5-6;1-7-5-2-3-6-4-5;1-6-5-2-3-7-4-5;1-6-4-5-2-3-7-5;1-5(7-3)4-6-2;1-6-5-3-2-4-5;;;;;/h6H,2-5H2,1H3;5-6H,2-4H2,1H3;2*5H,2-4H2,1H3;5H,4H2,1-3H3;5H,2-4H2,1H3;5*1H4/t;2*5-;;;;;;;;/m.11......../s1. The van der Waals surface area contributed by atoms with Crippen molar-refractivity contribution in [2.24, 2.45) is 0 Å². The molecular weight excluding hydrogens is 590 g/mol. The molecule has 3 heterocycles. The summed E-state index contributed by atoms with van der Waals surface area (Å²) in [5, 5.41) is 3.20. The Labute approximate surface area is 288 Å². The minimum atomic E-state index is 0. The van der Waals surface area contributed by atoms with E-state index < -0.39 is 0 Å². The van der Waals surface area contributed by atoms with Crippen LogP contribution < -0.4 is 5.32 Å². The van der Waals surface area contributed by atoms with Crippen molar-refractivity contribution in [1.29, 1.82) is 0 Å². The van der Waals surface area contributed by atoms with Crippen LogP contribution in [-0.2, 0) is 42.6 Å². The van der Waals surface area contributed by atoms with Gasteiger partial charge in [-0.05, 0) is 64.8 Å². The van der Waals surface area contributed by atoms with Gasteiger partial charge in [-0.15, -0.1) is 0 Å². The first-order valence-corrected chi connectivity index (χ1v) is 15.5. The lowest BCUT2D eigenvalue weighted by Gasteiger charge is -2.24. The fourth-order valence-corrected chi connectivity index (χ4v) is 4.16. The van der Waals surface area contributed by atoms with Crippen LogP contribution in [0.4, 0.5) is 0 Å². The van der Waals surface area contributed by atoms with Gasteiger partial charge in [-0.3, -0.25) is 0 Å². The van der Waals surface area contributed by atoms with E-state index in [0.29, 0.717) is 37.1 Å². The van der Waals surface area contributed by atoms with Crippen LogP contribution in [0, 0.1) is 0 Å². The third-order valence-electron chi connectivity index (χ3n) is 7.54. The summed E-state index contributed by atoms with van der Waals surface area (Å²) in [6, 6.07) is 0. The van der Waals surface area contributed by atoms with Crippen molar-refractivity contribution in [3.05, 3.63) is 0 Å². The summed E-state index contributed by atoms with van der Waals surface area (Å²) in [4.78, 5) is 0. The van der Waals surface area contributed by atoms with E-state index in [1.807, 2.05) is 6.92 Å². The topological polar surface area (TPSA) is 95.1 Å². The van der Waals surface area contributed by atoms with Crippen molar-refractivity contribution in [3.63, 3.8) is 0 Å². The maximum absolute atomic E-state index is 5.11. The Hall–Kier alpha value is -0.400. The first-order chi connectivity index (χ1) is 20.0. The fraction of sp³-hybridized carbons (Fsp3) is 1.00. The molecule has 288 valence electrons. The predicted molar refractivity (Wildman–Crippen MR) is 197 cm³/mol.